The number of aliphatic hydroxyl groups is 2. The molecule has 1 fully saturated rings. The number of halogens is 2. The maximum Gasteiger partial charge on any atom is 0.380 e. The van der Waals surface area contributed by atoms with Gasteiger partial charge in [-0.3, -0.25) is 14.3 Å². The Kier molecular flexibility index (Phi) is 6.30. The molecule has 1 saturated heterocycles. The summed E-state index contributed by atoms with van der Waals surface area (Å²) < 4.78 is 22.5. The number of aromatic nitrogens is 2. The van der Waals surface area contributed by atoms with E-state index < -0.39 is 48.3 Å². The van der Waals surface area contributed by atoms with Gasteiger partial charge in [0.2, 0.25) is 0 Å². The second-order valence-electron chi connectivity index (χ2n) is 5.32. The molecular weight excluding hydrogens is 386 g/mol. The minimum absolute atomic E-state index is 0.0166. The Morgan fingerprint density at radius 1 is 1.38 bits per heavy atom. The third kappa shape index (κ3) is 4.49. The molecule has 3 N–H and O–H groups in total. The largest absolute Gasteiger partial charge is 0.387 e. The highest BCUT2D eigenvalue weighted by Gasteiger charge is 2.45. The highest BCUT2D eigenvalue weighted by atomic mass is 35.9. The first-order valence-electron chi connectivity index (χ1n) is 7.13. The van der Waals surface area contributed by atoms with Gasteiger partial charge >= 0.3 is 11.8 Å². The topological polar surface area (TPSA) is 131 Å². The molecule has 0 bridgehead atoms. The van der Waals surface area contributed by atoms with E-state index in [-0.39, 0.29) is 5.56 Å². The number of aryl methyl sites for hydroxylation is 1. The lowest BCUT2D eigenvalue weighted by atomic mass is 10.0. The lowest BCUT2D eigenvalue weighted by Crippen LogP contribution is -2.36. The van der Waals surface area contributed by atoms with Crippen LogP contribution < -0.4 is 11.2 Å². The van der Waals surface area contributed by atoms with Crippen molar-refractivity contribution in [3.8, 4) is 0 Å². The number of H-pyrrole nitrogens is 1. The summed E-state index contributed by atoms with van der Waals surface area (Å²) in [6.07, 6.45) is -7.05. The standard InChI is InChI=1S/C12H17Cl2N2O7P/c1-2-3-16-4-6(11(19)15-12(16)20)10-9(18)8(17)7(23-10)5-22-24(13,14)21/h4,7-10,17-18H,2-3,5H2,1H3,(H,15,19,20)/t7-,8?,9?,10+/m1/s1. The highest BCUT2D eigenvalue weighted by molar-refractivity contribution is 8.05. The molecule has 1 aromatic rings. The van der Waals surface area contributed by atoms with Gasteiger partial charge in [-0.25, -0.2) is 4.79 Å². The fourth-order valence-electron chi connectivity index (χ4n) is 2.44. The molecule has 0 saturated carbocycles. The first-order valence-corrected chi connectivity index (χ1v) is 10.6. The van der Waals surface area contributed by atoms with Crippen LogP contribution >= 0.6 is 28.6 Å². The number of nitrogens with one attached hydrogen (secondary N) is 1. The van der Waals surface area contributed by atoms with Crippen molar-refractivity contribution in [3.63, 3.8) is 0 Å². The molecule has 12 heteroatoms. The minimum Gasteiger partial charge on any atom is -0.387 e. The van der Waals surface area contributed by atoms with Crippen LogP contribution in [0.3, 0.4) is 0 Å². The molecule has 9 nitrogen and oxygen atoms in total. The van der Waals surface area contributed by atoms with Gasteiger partial charge in [0, 0.05) is 12.7 Å². The quantitative estimate of drug-likeness (QED) is 0.597. The number of hydrogen-bond donors (Lipinski definition) is 3. The zero-order valence-corrected chi connectivity index (χ0v) is 15.0. The van der Waals surface area contributed by atoms with E-state index in [9.17, 15) is 24.4 Å². The number of aliphatic hydroxyl groups excluding tert-OH is 2. The molecule has 0 spiro atoms. The Morgan fingerprint density at radius 2 is 2.04 bits per heavy atom. The maximum atomic E-state index is 12.0. The molecule has 24 heavy (non-hydrogen) atoms. The van der Waals surface area contributed by atoms with Crippen molar-refractivity contribution in [2.75, 3.05) is 6.61 Å². The maximum absolute atomic E-state index is 12.0. The first-order chi connectivity index (χ1) is 11.1. The summed E-state index contributed by atoms with van der Waals surface area (Å²) in [4.78, 5) is 25.8. The molecule has 2 unspecified atom stereocenters. The van der Waals surface area contributed by atoms with E-state index in [1.807, 2.05) is 6.92 Å². The van der Waals surface area contributed by atoms with Crippen molar-refractivity contribution in [2.45, 2.75) is 44.3 Å². The van der Waals surface area contributed by atoms with Crippen LogP contribution in [0.25, 0.3) is 0 Å². The van der Waals surface area contributed by atoms with E-state index in [0.29, 0.717) is 13.0 Å². The number of rotatable bonds is 6. The van der Waals surface area contributed by atoms with Gasteiger partial charge in [-0.15, -0.1) is 0 Å². The van der Waals surface area contributed by atoms with E-state index in [0.717, 1.165) is 0 Å². The third-order valence-electron chi connectivity index (χ3n) is 3.56. The molecule has 1 aromatic heterocycles. The molecule has 0 aromatic carbocycles. The molecule has 0 aliphatic carbocycles. The summed E-state index contributed by atoms with van der Waals surface area (Å²) in [6, 6.07) is 0. The van der Waals surface area contributed by atoms with E-state index >= 15 is 0 Å². The summed E-state index contributed by atoms with van der Waals surface area (Å²) in [5.41, 5.74) is -1.33. The molecule has 2 rings (SSSR count). The second kappa shape index (κ2) is 7.70. The lowest BCUT2D eigenvalue weighted by Gasteiger charge is -2.15. The van der Waals surface area contributed by atoms with Crippen LogP contribution in [-0.4, -0.2) is 44.7 Å². The fourth-order valence-corrected chi connectivity index (χ4v) is 3.10. The Bertz CT molecular complexity index is 746. The van der Waals surface area contributed by atoms with Crippen LogP contribution in [0.15, 0.2) is 15.8 Å². The summed E-state index contributed by atoms with van der Waals surface area (Å²) in [5, 5.41) is 20.1. The molecule has 0 radical (unpaired) electrons. The summed E-state index contributed by atoms with van der Waals surface area (Å²) in [6.45, 7) is 1.78. The zero-order valence-electron chi connectivity index (χ0n) is 12.6. The summed E-state index contributed by atoms with van der Waals surface area (Å²) >= 11 is 10.5. The van der Waals surface area contributed by atoms with Gasteiger partial charge in [0.25, 0.3) is 5.56 Å². The van der Waals surface area contributed by atoms with Crippen LogP contribution in [0.4, 0.5) is 0 Å². The SMILES string of the molecule is CCCn1cc([C@@H]2O[C@H](COP(=O)(Cl)Cl)C(O)C2O)c(=O)[nH]c1=O. The van der Waals surface area contributed by atoms with Gasteiger partial charge in [0.1, 0.15) is 24.4 Å². The zero-order chi connectivity index (χ0) is 18.1. The van der Waals surface area contributed by atoms with Crippen LogP contribution in [0, 0.1) is 0 Å². The van der Waals surface area contributed by atoms with E-state index in [1.54, 1.807) is 0 Å². The number of nitrogens with zero attached hydrogens (tertiary/aromatic N) is 1. The van der Waals surface area contributed by atoms with Crippen molar-refractivity contribution in [2.24, 2.45) is 0 Å². The van der Waals surface area contributed by atoms with E-state index in [2.05, 4.69) is 9.51 Å². The summed E-state index contributed by atoms with van der Waals surface area (Å²) in [7, 11) is 0. The Balaban J connectivity index is 2.26. The Hall–Kier alpha value is -0.670. The molecule has 136 valence electrons. The summed E-state index contributed by atoms with van der Waals surface area (Å²) in [5.74, 6) is 0. The number of hydrogen-bond acceptors (Lipinski definition) is 7. The van der Waals surface area contributed by atoms with E-state index in [4.69, 9.17) is 27.2 Å². The van der Waals surface area contributed by atoms with Gasteiger partial charge in [-0.1, -0.05) is 6.92 Å². The third-order valence-corrected chi connectivity index (χ3v) is 4.60. The van der Waals surface area contributed by atoms with Gasteiger partial charge in [0.15, 0.2) is 0 Å². The average Bonchev–Trinajstić information content (AvgIpc) is 2.75. The number of ether oxygens (including phenoxy) is 1. The van der Waals surface area contributed by atoms with E-state index in [1.165, 1.54) is 10.8 Å². The second-order valence-corrected chi connectivity index (χ2v) is 9.60. The number of aromatic amines is 1. The van der Waals surface area contributed by atoms with Crippen molar-refractivity contribution in [1.82, 2.24) is 9.55 Å². The molecule has 4 atom stereocenters. The normalized spacial score (nSPS) is 27.5. The molecule has 2 heterocycles. The van der Waals surface area contributed by atoms with Gasteiger partial charge < -0.3 is 24.0 Å². The van der Waals surface area contributed by atoms with Gasteiger partial charge in [-0.05, 0) is 28.9 Å². The molecular formula is C12H17Cl2N2O7P. The predicted octanol–water partition coefficient (Wildman–Crippen LogP) is 0.711. The molecule has 1 aliphatic heterocycles. The average molecular weight is 403 g/mol. The van der Waals surface area contributed by atoms with Crippen molar-refractivity contribution >= 4 is 28.6 Å². The van der Waals surface area contributed by atoms with Crippen molar-refractivity contribution in [1.29, 1.82) is 0 Å². The Morgan fingerprint density at radius 3 is 2.62 bits per heavy atom. The van der Waals surface area contributed by atoms with Crippen LogP contribution in [0.2, 0.25) is 0 Å². The highest BCUT2D eigenvalue weighted by Crippen LogP contribution is 2.57. The van der Waals surface area contributed by atoms with Crippen molar-refractivity contribution < 1.29 is 24.0 Å². The first kappa shape index (κ1) is 19.7. The lowest BCUT2D eigenvalue weighted by molar-refractivity contribution is -0.0159. The van der Waals surface area contributed by atoms with Gasteiger partial charge in [-0.2, -0.15) is 0 Å². The van der Waals surface area contributed by atoms with Crippen LogP contribution in [0.5, 0.6) is 0 Å². The van der Waals surface area contributed by atoms with Crippen LogP contribution in [-0.2, 0) is 20.4 Å². The monoisotopic (exact) mass is 402 g/mol. The van der Waals surface area contributed by atoms with Gasteiger partial charge in [0.05, 0.1) is 12.2 Å². The molecule has 1 aliphatic rings. The fraction of sp³-hybridized carbons (Fsp3) is 0.667. The smallest absolute Gasteiger partial charge is 0.380 e. The van der Waals surface area contributed by atoms with Crippen molar-refractivity contribution in [3.05, 3.63) is 32.6 Å². The minimum atomic E-state index is -3.83. The predicted molar refractivity (Wildman–Crippen MR) is 86.5 cm³/mol. The van der Waals surface area contributed by atoms with Crippen LogP contribution in [0.1, 0.15) is 25.0 Å². The Labute approximate surface area is 146 Å². The molecule has 0 amide bonds.